The number of rotatable bonds is 8. The number of sulfonamides is 1. The molecular weight excluding hydrogens is 402 g/mol. The minimum Gasteiger partial charge on any atom is -0.492 e. The summed E-state index contributed by atoms with van der Waals surface area (Å²) in [7, 11) is -3.64. The Kier molecular flexibility index (Phi) is 7.33. The second kappa shape index (κ2) is 9.95. The minimum absolute atomic E-state index is 0.189. The predicted molar refractivity (Wildman–Crippen MR) is 117 cm³/mol. The van der Waals surface area contributed by atoms with Crippen LogP contribution in [0.5, 0.6) is 5.75 Å². The maximum atomic E-state index is 12.9. The van der Waals surface area contributed by atoms with Crippen molar-refractivity contribution in [1.82, 2.24) is 4.90 Å². The van der Waals surface area contributed by atoms with Gasteiger partial charge in [0.25, 0.3) is 0 Å². The summed E-state index contributed by atoms with van der Waals surface area (Å²) in [4.78, 5) is 16.1. The van der Waals surface area contributed by atoms with Crippen LogP contribution >= 0.6 is 0 Å². The van der Waals surface area contributed by atoms with E-state index in [2.05, 4.69) is 12.1 Å². The first-order valence-corrected chi connectivity index (χ1v) is 12.1. The quantitative estimate of drug-likeness (QED) is 0.669. The van der Waals surface area contributed by atoms with Crippen LogP contribution in [0.4, 0.5) is 5.69 Å². The number of hydrogen-bond acceptors (Lipinski definition) is 4. The van der Waals surface area contributed by atoms with E-state index in [-0.39, 0.29) is 12.5 Å². The van der Waals surface area contributed by atoms with E-state index in [1.807, 2.05) is 25.1 Å². The second-order valence-electron chi connectivity index (χ2n) is 7.46. The Morgan fingerprint density at radius 3 is 2.33 bits per heavy atom. The Bertz CT molecular complexity index is 942. The van der Waals surface area contributed by atoms with Gasteiger partial charge in [0.2, 0.25) is 15.9 Å². The van der Waals surface area contributed by atoms with E-state index in [1.54, 1.807) is 29.2 Å². The smallest absolute Gasteiger partial charge is 0.243 e. The lowest BCUT2D eigenvalue weighted by Crippen LogP contribution is -3.13. The molecule has 0 aromatic heterocycles. The molecule has 1 saturated heterocycles. The number of quaternary nitrogens is 1. The van der Waals surface area contributed by atoms with Gasteiger partial charge >= 0.3 is 0 Å². The molecule has 1 aliphatic rings. The molecule has 1 N–H and O–H groups in total. The first-order chi connectivity index (χ1) is 14.4. The summed E-state index contributed by atoms with van der Waals surface area (Å²) < 4.78 is 31.6. The van der Waals surface area contributed by atoms with Crippen molar-refractivity contribution in [2.45, 2.75) is 13.5 Å². The van der Waals surface area contributed by atoms with Crippen LogP contribution in [-0.2, 0) is 21.4 Å². The molecule has 2 aromatic rings. The molecule has 0 spiro atoms. The largest absolute Gasteiger partial charge is 0.492 e. The molecule has 3 rings (SSSR count). The van der Waals surface area contributed by atoms with Gasteiger partial charge in [-0.25, -0.2) is 8.42 Å². The normalized spacial score (nSPS) is 15.1. The van der Waals surface area contributed by atoms with Crippen LogP contribution in [0.3, 0.4) is 0 Å². The number of carbonyl (C=O) groups excluding carboxylic acids is 1. The molecule has 0 radical (unpaired) electrons. The molecule has 1 heterocycles. The first-order valence-electron chi connectivity index (χ1n) is 10.2. The highest BCUT2D eigenvalue weighted by Gasteiger charge is 2.29. The fourth-order valence-corrected chi connectivity index (χ4v) is 4.53. The summed E-state index contributed by atoms with van der Waals surface area (Å²) >= 11 is 0. The van der Waals surface area contributed by atoms with E-state index < -0.39 is 10.0 Å². The number of anilines is 1. The van der Waals surface area contributed by atoms with Crippen LogP contribution in [0.15, 0.2) is 54.6 Å². The molecule has 0 atom stereocenters. The van der Waals surface area contributed by atoms with Crippen molar-refractivity contribution in [2.24, 2.45) is 0 Å². The zero-order valence-electron chi connectivity index (χ0n) is 17.6. The zero-order valence-corrected chi connectivity index (χ0v) is 18.4. The van der Waals surface area contributed by atoms with Gasteiger partial charge < -0.3 is 14.5 Å². The third kappa shape index (κ3) is 5.73. The van der Waals surface area contributed by atoms with E-state index in [0.717, 1.165) is 30.2 Å². The van der Waals surface area contributed by atoms with Crippen LogP contribution in [0.25, 0.3) is 0 Å². The highest BCUT2D eigenvalue weighted by atomic mass is 32.2. The molecule has 1 aliphatic heterocycles. The van der Waals surface area contributed by atoms with Crippen molar-refractivity contribution >= 4 is 21.6 Å². The standard InChI is InChI=1S/C22H29N3O4S/c1-3-29-21-12-8-7-11-20(21)25(30(2,27)28)18-22(26)24-15-13-23(14-16-24)17-19-9-5-4-6-10-19/h4-12H,3,13-18H2,1-2H3/p+1. The Balaban J connectivity index is 1.65. The molecule has 8 heteroatoms. The summed E-state index contributed by atoms with van der Waals surface area (Å²) in [6.07, 6.45) is 1.12. The van der Waals surface area contributed by atoms with Crippen LogP contribution in [0, 0.1) is 0 Å². The SMILES string of the molecule is CCOc1ccccc1N(CC(=O)N1CC[NH+](Cc2ccccc2)CC1)S(C)(=O)=O. The van der Waals surface area contributed by atoms with Gasteiger partial charge in [0, 0.05) is 5.56 Å². The summed E-state index contributed by atoms with van der Waals surface area (Å²) in [6, 6.07) is 17.2. The number of nitrogens with one attached hydrogen (secondary N) is 1. The van der Waals surface area contributed by atoms with Gasteiger partial charge in [-0.05, 0) is 19.1 Å². The summed E-state index contributed by atoms with van der Waals surface area (Å²) in [5.41, 5.74) is 1.67. The molecule has 1 amide bonds. The monoisotopic (exact) mass is 432 g/mol. The number of piperazine rings is 1. The maximum Gasteiger partial charge on any atom is 0.243 e. The van der Waals surface area contributed by atoms with E-state index in [0.29, 0.717) is 31.1 Å². The van der Waals surface area contributed by atoms with Crippen LogP contribution in [0.2, 0.25) is 0 Å². The average Bonchev–Trinajstić information content (AvgIpc) is 2.73. The Hall–Kier alpha value is -2.58. The van der Waals surface area contributed by atoms with E-state index in [1.165, 1.54) is 10.5 Å². The Morgan fingerprint density at radius 1 is 1.07 bits per heavy atom. The molecule has 0 unspecified atom stereocenters. The average molecular weight is 433 g/mol. The van der Waals surface area contributed by atoms with Gasteiger partial charge in [0.1, 0.15) is 18.8 Å². The molecule has 30 heavy (non-hydrogen) atoms. The number of ether oxygens (including phenoxy) is 1. The highest BCUT2D eigenvalue weighted by Crippen LogP contribution is 2.29. The van der Waals surface area contributed by atoms with E-state index >= 15 is 0 Å². The highest BCUT2D eigenvalue weighted by molar-refractivity contribution is 7.92. The minimum atomic E-state index is -3.64. The molecule has 1 fully saturated rings. The number of amides is 1. The van der Waals surface area contributed by atoms with Gasteiger partial charge in [-0.15, -0.1) is 0 Å². The maximum absolute atomic E-state index is 12.9. The zero-order chi connectivity index (χ0) is 21.6. The van der Waals surface area contributed by atoms with Crippen LogP contribution in [-0.4, -0.2) is 64.8 Å². The van der Waals surface area contributed by atoms with Crippen molar-refractivity contribution in [1.29, 1.82) is 0 Å². The van der Waals surface area contributed by atoms with E-state index in [4.69, 9.17) is 4.74 Å². The lowest BCUT2D eigenvalue weighted by molar-refractivity contribution is -0.917. The predicted octanol–water partition coefficient (Wildman–Crippen LogP) is 0.779. The van der Waals surface area contributed by atoms with Crippen molar-refractivity contribution in [2.75, 3.05) is 49.9 Å². The number of carbonyl (C=O) groups is 1. The summed E-state index contributed by atoms with van der Waals surface area (Å²) in [5.74, 6) is 0.265. The molecule has 0 saturated carbocycles. The topological polar surface area (TPSA) is 71.4 Å². The molecule has 2 aromatic carbocycles. The lowest BCUT2D eigenvalue weighted by Gasteiger charge is -2.34. The third-order valence-corrected chi connectivity index (χ3v) is 6.36. The second-order valence-corrected chi connectivity index (χ2v) is 9.37. The van der Waals surface area contributed by atoms with Crippen molar-refractivity contribution in [3.05, 3.63) is 60.2 Å². The van der Waals surface area contributed by atoms with Crippen molar-refractivity contribution in [3.63, 3.8) is 0 Å². The summed E-state index contributed by atoms with van der Waals surface area (Å²) in [6.45, 7) is 5.87. The van der Waals surface area contributed by atoms with Gasteiger partial charge in [-0.3, -0.25) is 9.10 Å². The third-order valence-electron chi connectivity index (χ3n) is 5.23. The lowest BCUT2D eigenvalue weighted by atomic mass is 10.2. The number of hydrogen-bond donors (Lipinski definition) is 1. The number of nitrogens with zero attached hydrogens (tertiary/aromatic N) is 2. The first kappa shape index (κ1) is 22.1. The van der Waals surface area contributed by atoms with Gasteiger partial charge in [-0.2, -0.15) is 0 Å². The van der Waals surface area contributed by atoms with E-state index in [9.17, 15) is 13.2 Å². The van der Waals surface area contributed by atoms with Crippen LogP contribution < -0.4 is 13.9 Å². The molecule has 162 valence electrons. The van der Waals surface area contributed by atoms with Crippen molar-refractivity contribution in [3.8, 4) is 5.75 Å². The van der Waals surface area contributed by atoms with Crippen molar-refractivity contribution < 1.29 is 22.8 Å². The number of para-hydroxylation sites is 2. The summed E-state index contributed by atoms with van der Waals surface area (Å²) in [5, 5.41) is 0. The molecule has 7 nitrogen and oxygen atoms in total. The molecular formula is C22H30N3O4S+. The fraction of sp³-hybridized carbons (Fsp3) is 0.409. The Morgan fingerprint density at radius 2 is 1.70 bits per heavy atom. The van der Waals surface area contributed by atoms with Gasteiger partial charge in [0.15, 0.2) is 0 Å². The fourth-order valence-electron chi connectivity index (χ4n) is 3.68. The van der Waals surface area contributed by atoms with Gasteiger partial charge in [0.05, 0.1) is 44.7 Å². The molecule has 0 bridgehead atoms. The molecule has 0 aliphatic carbocycles. The van der Waals surface area contributed by atoms with Gasteiger partial charge in [-0.1, -0.05) is 42.5 Å². The Labute approximate surface area is 178 Å². The number of benzene rings is 2. The van der Waals surface area contributed by atoms with Crippen LogP contribution in [0.1, 0.15) is 12.5 Å².